The second kappa shape index (κ2) is 7.68. The van der Waals surface area contributed by atoms with Gasteiger partial charge in [0.15, 0.2) is 11.6 Å². The Kier molecular flexibility index (Phi) is 5.37. The Bertz CT molecular complexity index is 694. The number of likely N-dealkylation sites (tertiary alicyclic amines) is 1. The van der Waals surface area contributed by atoms with Gasteiger partial charge < -0.3 is 19.5 Å². The van der Waals surface area contributed by atoms with Crippen LogP contribution in [0.25, 0.3) is 11.3 Å². The van der Waals surface area contributed by atoms with Crippen molar-refractivity contribution in [3.63, 3.8) is 0 Å². The van der Waals surface area contributed by atoms with Crippen molar-refractivity contribution < 1.29 is 14.1 Å². The molecule has 1 aliphatic heterocycles. The van der Waals surface area contributed by atoms with Gasteiger partial charge in [-0.1, -0.05) is 16.8 Å². The van der Waals surface area contributed by atoms with E-state index in [0.717, 1.165) is 31.5 Å². The van der Waals surface area contributed by atoms with E-state index in [4.69, 9.17) is 20.9 Å². The topological polar surface area (TPSA) is 67.6 Å². The molecule has 0 atom stereocenters. The van der Waals surface area contributed by atoms with Crippen LogP contribution in [0, 0.1) is 0 Å². The van der Waals surface area contributed by atoms with Gasteiger partial charge in [-0.05, 0) is 37.1 Å². The Hall–Kier alpha value is -2.05. The molecule has 1 aromatic heterocycles. The fourth-order valence-electron chi connectivity index (χ4n) is 2.76. The number of carbonyl (C=O) groups is 1. The molecule has 7 heteroatoms. The zero-order chi connectivity index (χ0) is 16.9. The molecular weight excluding hydrogens is 330 g/mol. The number of methoxy groups -OCH3 is 1. The molecule has 24 heavy (non-hydrogen) atoms. The highest BCUT2D eigenvalue weighted by Gasteiger charge is 2.29. The molecular formula is C17H20ClN3O3. The number of halogens is 1. The van der Waals surface area contributed by atoms with E-state index in [0.29, 0.717) is 35.3 Å². The van der Waals surface area contributed by atoms with Crippen LogP contribution in [-0.4, -0.2) is 49.3 Å². The summed E-state index contributed by atoms with van der Waals surface area (Å²) in [5, 5.41) is 7.80. The molecule has 0 saturated carbocycles. The van der Waals surface area contributed by atoms with Gasteiger partial charge in [-0.25, -0.2) is 0 Å². The third kappa shape index (κ3) is 3.55. The number of carbonyl (C=O) groups excluding carboxylic acids is 1. The molecule has 0 bridgehead atoms. The van der Waals surface area contributed by atoms with Crippen LogP contribution in [0.15, 0.2) is 28.8 Å². The van der Waals surface area contributed by atoms with E-state index in [1.807, 2.05) is 17.0 Å². The first-order chi connectivity index (χ1) is 11.7. The Morgan fingerprint density at radius 3 is 2.71 bits per heavy atom. The summed E-state index contributed by atoms with van der Waals surface area (Å²) in [5.41, 5.74) is 1.24. The number of hydrogen-bond acceptors (Lipinski definition) is 5. The minimum atomic E-state index is -0.0568. The molecule has 2 aromatic rings. The number of ether oxygens (including phenoxy) is 1. The minimum absolute atomic E-state index is 0.0568. The highest BCUT2D eigenvalue weighted by atomic mass is 35.5. The van der Waals surface area contributed by atoms with Crippen LogP contribution in [0.5, 0.6) is 0 Å². The Labute approximate surface area is 145 Å². The lowest BCUT2D eigenvalue weighted by atomic mass is 10.1. The van der Waals surface area contributed by atoms with Gasteiger partial charge in [-0.2, -0.15) is 0 Å². The number of aromatic nitrogens is 1. The summed E-state index contributed by atoms with van der Waals surface area (Å²) < 4.78 is 10.5. The summed E-state index contributed by atoms with van der Waals surface area (Å²) in [6.45, 7) is 2.59. The Morgan fingerprint density at radius 1 is 1.33 bits per heavy atom. The molecule has 1 aliphatic rings. The predicted octanol–water partition coefficient (Wildman–Crippen LogP) is 3.29. The van der Waals surface area contributed by atoms with Crippen molar-refractivity contribution in [2.75, 3.05) is 38.7 Å². The van der Waals surface area contributed by atoms with Crippen LogP contribution in [-0.2, 0) is 4.74 Å². The van der Waals surface area contributed by atoms with E-state index in [2.05, 4.69) is 10.5 Å². The summed E-state index contributed by atoms with van der Waals surface area (Å²) in [6.07, 6.45) is 2.06. The quantitative estimate of drug-likeness (QED) is 0.810. The zero-order valence-electron chi connectivity index (χ0n) is 13.5. The van der Waals surface area contributed by atoms with Crippen molar-refractivity contribution in [2.24, 2.45) is 0 Å². The van der Waals surface area contributed by atoms with E-state index >= 15 is 0 Å². The Morgan fingerprint density at radius 2 is 2.04 bits per heavy atom. The average molecular weight is 350 g/mol. The molecule has 1 fully saturated rings. The third-order valence-electron chi connectivity index (χ3n) is 4.00. The minimum Gasteiger partial charge on any atom is -0.383 e. The molecule has 2 heterocycles. The first kappa shape index (κ1) is 16.8. The van der Waals surface area contributed by atoms with E-state index in [-0.39, 0.29) is 5.91 Å². The van der Waals surface area contributed by atoms with Gasteiger partial charge in [0.2, 0.25) is 0 Å². The fraction of sp³-hybridized carbons (Fsp3) is 0.412. The smallest absolute Gasteiger partial charge is 0.261 e. The van der Waals surface area contributed by atoms with Crippen LogP contribution in [0.3, 0.4) is 0 Å². The van der Waals surface area contributed by atoms with Gasteiger partial charge in [0.25, 0.3) is 5.91 Å². The van der Waals surface area contributed by atoms with E-state index in [1.54, 1.807) is 19.2 Å². The largest absolute Gasteiger partial charge is 0.383 e. The molecule has 0 unspecified atom stereocenters. The maximum absolute atomic E-state index is 13.0. The normalized spacial score (nSPS) is 14.2. The molecule has 128 valence electrons. The third-order valence-corrected chi connectivity index (χ3v) is 4.26. The number of hydrogen-bond donors (Lipinski definition) is 1. The number of nitrogens with zero attached hydrogens (tertiary/aromatic N) is 2. The van der Waals surface area contributed by atoms with Gasteiger partial charge in [-0.15, -0.1) is 0 Å². The van der Waals surface area contributed by atoms with Crippen molar-refractivity contribution in [1.82, 2.24) is 10.1 Å². The fourth-order valence-corrected chi connectivity index (χ4v) is 2.88. The van der Waals surface area contributed by atoms with Crippen LogP contribution in [0.4, 0.5) is 5.82 Å². The molecule has 1 saturated heterocycles. The van der Waals surface area contributed by atoms with Crippen LogP contribution in [0.1, 0.15) is 23.2 Å². The van der Waals surface area contributed by atoms with E-state index in [9.17, 15) is 4.79 Å². The summed E-state index contributed by atoms with van der Waals surface area (Å²) >= 11 is 5.95. The molecule has 1 amide bonds. The maximum Gasteiger partial charge on any atom is 0.261 e. The van der Waals surface area contributed by atoms with Crippen LogP contribution >= 0.6 is 11.6 Å². The second-order valence-electron chi connectivity index (χ2n) is 5.66. The average Bonchev–Trinajstić information content (AvgIpc) is 3.25. The first-order valence-corrected chi connectivity index (χ1v) is 8.36. The number of rotatable bonds is 6. The number of anilines is 1. The lowest BCUT2D eigenvalue weighted by Gasteiger charge is -2.15. The molecule has 3 rings (SSSR count). The summed E-state index contributed by atoms with van der Waals surface area (Å²) in [4.78, 5) is 14.8. The van der Waals surface area contributed by atoms with Gasteiger partial charge in [0.05, 0.1) is 6.61 Å². The molecule has 0 spiro atoms. The van der Waals surface area contributed by atoms with Gasteiger partial charge >= 0.3 is 0 Å². The first-order valence-electron chi connectivity index (χ1n) is 7.98. The van der Waals surface area contributed by atoms with Gasteiger partial charge in [0.1, 0.15) is 5.56 Å². The van der Waals surface area contributed by atoms with Crippen molar-refractivity contribution in [1.29, 1.82) is 0 Å². The van der Waals surface area contributed by atoms with Crippen LogP contribution < -0.4 is 5.32 Å². The second-order valence-corrected chi connectivity index (χ2v) is 6.10. The molecule has 1 aromatic carbocycles. The number of amides is 1. The number of benzene rings is 1. The molecule has 0 radical (unpaired) electrons. The Balaban J connectivity index is 1.95. The summed E-state index contributed by atoms with van der Waals surface area (Å²) in [5.74, 6) is 0.857. The van der Waals surface area contributed by atoms with Crippen molar-refractivity contribution in [3.05, 3.63) is 34.9 Å². The maximum atomic E-state index is 13.0. The lowest BCUT2D eigenvalue weighted by molar-refractivity contribution is 0.0794. The summed E-state index contributed by atoms with van der Waals surface area (Å²) in [6, 6.07) is 7.17. The predicted molar refractivity (Wildman–Crippen MR) is 92.5 cm³/mol. The zero-order valence-corrected chi connectivity index (χ0v) is 14.3. The SMILES string of the molecule is COCCNc1noc(-c2ccc(Cl)cc2)c1C(=O)N1CCCC1. The van der Waals surface area contributed by atoms with Crippen molar-refractivity contribution in [3.8, 4) is 11.3 Å². The monoisotopic (exact) mass is 349 g/mol. The highest BCUT2D eigenvalue weighted by molar-refractivity contribution is 6.30. The van der Waals surface area contributed by atoms with Crippen LogP contribution in [0.2, 0.25) is 5.02 Å². The van der Waals surface area contributed by atoms with Crippen molar-refractivity contribution >= 4 is 23.3 Å². The highest BCUT2D eigenvalue weighted by Crippen LogP contribution is 2.32. The summed E-state index contributed by atoms with van der Waals surface area (Å²) in [7, 11) is 1.62. The van der Waals surface area contributed by atoms with E-state index < -0.39 is 0 Å². The van der Waals surface area contributed by atoms with Crippen molar-refractivity contribution in [2.45, 2.75) is 12.8 Å². The molecule has 0 aliphatic carbocycles. The van der Waals surface area contributed by atoms with Gasteiger partial charge in [-0.3, -0.25) is 4.79 Å². The number of nitrogens with one attached hydrogen (secondary N) is 1. The molecule has 6 nitrogen and oxygen atoms in total. The standard InChI is InChI=1S/C17H20ClN3O3/c1-23-11-8-19-16-14(17(22)21-9-2-3-10-21)15(24-20-16)12-4-6-13(18)7-5-12/h4-7H,2-3,8-11H2,1H3,(H,19,20). The van der Waals surface area contributed by atoms with Gasteiger partial charge in [0, 0.05) is 37.3 Å². The molecule has 1 N–H and O–H groups in total. The van der Waals surface area contributed by atoms with E-state index in [1.165, 1.54) is 0 Å². The lowest BCUT2D eigenvalue weighted by Crippen LogP contribution is -2.28.